The van der Waals surface area contributed by atoms with Gasteiger partial charge in [-0.15, -0.1) is 0 Å². The summed E-state index contributed by atoms with van der Waals surface area (Å²) < 4.78 is 2.23. The van der Waals surface area contributed by atoms with Crippen molar-refractivity contribution in [3.63, 3.8) is 0 Å². The van der Waals surface area contributed by atoms with E-state index in [-0.39, 0.29) is 5.54 Å². The molecule has 19 heavy (non-hydrogen) atoms. The summed E-state index contributed by atoms with van der Waals surface area (Å²) >= 11 is 0. The number of nitrogen functional groups attached to an aromatic ring is 1. The second-order valence-corrected chi connectivity index (χ2v) is 5.92. The van der Waals surface area contributed by atoms with Crippen LogP contribution in [0.25, 0.3) is 0 Å². The fourth-order valence-electron chi connectivity index (χ4n) is 2.40. The van der Waals surface area contributed by atoms with Crippen LogP contribution in [0.3, 0.4) is 0 Å². The molecule has 0 bridgehead atoms. The highest BCUT2D eigenvalue weighted by molar-refractivity contribution is 5.43. The highest BCUT2D eigenvalue weighted by Crippen LogP contribution is 2.29. The van der Waals surface area contributed by atoms with Crippen molar-refractivity contribution in [3.8, 4) is 0 Å². The molecule has 3 nitrogen and oxygen atoms in total. The van der Waals surface area contributed by atoms with Crippen molar-refractivity contribution < 1.29 is 0 Å². The molecule has 2 rings (SSSR count). The first-order valence-corrected chi connectivity index (χ1v) is 6.74. The second kappa shape index (κ2) is 4.72. The Morgan fingerprint density at radius 1 is 1.26 bits per heavy atom. The number of anilines is 1. The molecule has 0 unspecified atom stereocenters. The van der Waals surface area contributed by atoms with Gasteiger partial charge in [-0.2, -0.15) is 0 Å². The molecule has 0 amide bonds. The van der Waals surface area contributed by atoms with Crippen molar-refractivity contribution in [2.24, 2.45) is 0 Å². The fourth-order valence-corrected chi connectivity index (χ4v) is 2.40. The lowest BCUT2D eigenvalue weighted by atomic mass is 9.93. The number of hydrogen-bond donors (Lipinski definition) is 1. The summed E-state index contributed by atoms with van der Waals surface area (Å²) in [6, 6.07) is 8.07. The maximum atomic E-state index is 5.90. The predicted octanol–water partition coefficient (Wildman–Crippen LogP) is 3.68. The maximum absolute atomic E-state index is 5.90. The average molecular weight is 257 g/mol. The SMILES string of the molecule is Cc1nc(C(C)C)cn1C(C)(C)c1cccc(N)c1. The smallest absolute Gasteiger partial charge is 0.106 e. The van der Waals surface area contributed by atoms with Crippen molar-refractivity contribution >= 4 is 5.69 Å². The third-order valence-electron chi connectivity index (χ3n) is 3.69. The van der Waals surface area contributed by atoms with Gasteiger partial charge in [0.15, 0.2) is 0 Å². The van der Waals surface area contributed by atoms with Gasteiger partial charge in [-0.25, -0.2) is 4.98 Å². The lowest BCUT2D eigenvalue weighted by Crippen LogP contribution is -2.28. The minimum Gasteiger partial charge on any atom is -0.399 e. The summed E-state index contributed by atoms with van der Waals surface area (Å²) in [5.41, 5.74) is 8.88. The van der Waals surface area contributed by atoms with Crippen molar-refractivity contribution in [2.45, 2.75) is 46.1 Å². The number of imidazole rings is 1. The summed E-state index contributed by atoms with van der Waals surface area (Å²) in [6.45, 7) is 10.8. The number of rotatable bonds is 3. The Morgan fingerprint density at radius 3 is 2.47 bits per heavy atom. The molecule has 1 aromatic carbocycles. The summed E-state index contributed by atoms with van der Waals surface area (Å²) in [4.78, 5) is 4.66. The van der Waals surface area contributed by atoms with Crippen LogP contribution < -0.4 is 5.73 Å². The Hall–Kier alpha value is -1.77. The van der Waals surface area contributed by atoms with Crippen LogP contribution in [0.5, 0.6) is 0 Å². The molecular formula is C16H23N3. The van der Waals surface area contributed by atoms with Gasteiger partial charge in [0.05, 0.1) is 11.2 Å². The molecule has 2 N–H and O–H groups in total. The summed E-state index contributed by atoms with van der Waals surface area (Å²) in [5, 5.41) is 0. The van der Waals surface area contributed by atoms with Crippen molar-refractivity contribution in [3.05, 3.63) is 47.5 Å². The van der Waals surface area contributed by atoms with E-state index < -0.39 is 0 Å². The van der Waals surface area contributed by atoms with Crippen molar-refractivity contribution in [2.75, 3.05) is 5.73 Å². The monoisotopic (exact) mass is 257 g/mol. The molecule has 3 heteroatoms. The van der Waals surface area contributed by atoms with Crippen LogP contribution >= 0.6 is 0 Å². The van der Waals surface area contributed by atoms with Gasteiger partial charge in [0.2, 0.25) is 0 Å². The topological polar surface area (TPSA) is 43.8 Å². The molecule has 0 saturated carbocycles. The number of hydrogen-bond acceptors (Lipinski definition) is 2. The average Bonchev–Trinajstić information content (AvgIpc) is 2.72. The number of nitrogens with two attached hydrogens (primary N) is 1. The van der Waals surface area contributed by atoms with Crippen LogP contribution in [0.2, 0.25) is 0 Å². The molecular weight excluding hydrogens is 234 g/mol. The van der Waals surface area contributed by atoms with Crippen LogP contribution in [-0.2, 0) is 5.54 Å². The Labute approximate surface area is 115 Å². The first-order chi connectivity index (χ1) is 8.82. The van der Waals surface area contributed by atoms with Crippen molar-refractivity contribution in [1.82, 2.24) is 9.55 Å². The van der Waals surface area contributed by atoms with Crippen molar-refractivity contribution in [1.29, 1.82) is 0 Å². The number of aromatic nitrogens is 2. The van der Waals surface area contributed by atoms with Gasteiger partial charge in [-0.1, -0.05) is 26.0 Å². The molecule has 0 aliphatic heterocycles. The molecule has 0 aliphatic rings. The van der Waals surface area contributed by atoms with Gasteiger partial charge in [-0.05, 0) is 44.4 Å². The molecule has 0 aliphatic carbocycles. The Kier molecular flexibility index (Phi) is 3.40. The zero-order chi connectivity index (χ0) is 14.2. The summed E-state index contributed by atoms with van der Waals surface area (Å²) in [5.74, 6) is 1.48. The third kappa shape index (κ3) is 2.50. The second-order valence-electron chi connectivity index (χ2n) is 5.92. The first-order valence-electron chi connectivity index (χ1n) is 6.74. The quantitative estimate of drug-likeness (QED) is 0.852. The lowest BCUT2D eigenvalue weighted by molar-refractivity contribution is 0.425. The Bertz CT molecular complexity index is 579. The summed E-state index contributed by atoms with van der Waals surface area (Å²) in [6.07, 6.45) is 2.16. The summed E-state index contributed by atoms with van der Waals surface area (Å²) in [7, 11) is 0. The van der Waals surface area contributed by atoms with E-state index in [2.05, 4.69) is 56.4 Å². The largest absolute Gasteiger partial charge is 0.399 e. The Balaban J connectivity index is 2.50. The molecule has 0 atom stereocenters. The molecule has 2 aromatic rings. The standard InChI is InChI=1S/C16H23N3/c1-11(2)15-10-19(12(3)18-15)16(4,5)13-7-6-8-14(17)9-13/h6-11H,17H2,1-5H3. The van der Waals surface area contributed by atoms with E-state index in [4.69, 9.17) is 5.73 Å². The van der Waals surface area contributed by atoms with E-state index in [1.807, 2.05) is 18.2 Å². The molecule has 0 spiro atoms. The van der Waals surface area contributed by atoms with E-state index in [0.29, 0.717) is 5.92 Å². The highest BCUT2D eigenvalue weighted by atomic mass is 15.1. The van der Waals surface area contributed by atoms with Gasteiger partial charge in [0, 0.05) is 11.9 Å². The molecule has 0 saturated heterocycles. The molecule has 1 heterocycles. The molecule has 102 valence electrons. The number of aryl methyl sites for hydroxylation is 1. The van der Waals surface area contributed by atoms with E-state index in [9.17, 15) is 0 Å². The predicted molar refractivity (Wildman–Crippen MR) is 80.3 cm³/mol. The normalized spacial score (nSPS) is 12.1. The molecule has 1 aromatic heterocycles. The number of nitrogens with zero attached hydrogens (tertiary/aromatic N) is 2. The fraction of sp³-hybridized carbons (Fsp3) is 0.438. The van der Waals surface area contributed by atoms with Crippen LogP contribution in [0.15, 0.2) is 30.5 Å². The van der Waals surface area contributed by atoms with Crippen LogP contribution in [0, 0.1) is 6.92 Å². The Morgan fingerprint density at radius 2 is 1.95 bits per heavy atom. The van der Waals surface area contributed by atoms with Crippen LogP contribution in [-0.4, -0.2) is 9.55 Å². The van der Waals surface area contributed by atoms with E-state index in [0.717, 1.165) is 17.2 Å². The molecule has 0 radical (unpaired) electrons. The zero-order valence-corrected chi connectivity index (χ0v) is 12.4. The van der Waals surface area contributed by atoms with Gasteiger partial charge in [0.1, 0.15) is 5.82 Å². The minimum absolute atomic E-state index is 0.153. The van der Waals surface area contributed by atoms with Gasteiger partial charge in [0.25, 0.3) is 0 Å². The lowest BCUT2D eigenvalue weighted by Gasteiger charge is -2.29. The van der Waals surface area contributed by atoms with E-state index in [1.165, 1.54) is 5.56 Å². The van der Waals surface area contributed by atoms with Gasteiger partial charge >= 0.3 is 0 Å². The van der Waals surface area contributed by atoms with E-state index >= 15 is 0 Å². The molecule has 0 fully saturated rings. The highest BCUT2D eigenvalue weighted by Gasteiger charge is 2.25. The minimum atomic E-state index is -0.153. The zero-order valence-electron chi connectivity index (χ0n) is 12.4. The van der Waals surface area contributed by atoms with Gasteiger partial charge in [-0.3, -0.25) is 0 Å². The van der Waals surface area contributed by atoms with Crippen LogP contribution in [0.4, 0.5) is 5.69 Å². The maximum Gasteiger partial charge on any atom is 0.106 e. The van der Waals surface area contributed by atoms with E-state index in [1.54, 1.807) is 0 Å². The van der Waals surface area contributed by atoms with Gasteiger partial charge < -0.3 is 10.3 Å². The number of benzene rings is 1. The van der Waals surface area contributed by atoms with Crippen LogP contribution in [0.1, 0.15) is 50.7 Å². The first kappa shape index (κ1) is 13.7. The third-order valence-corrected chi connectivity index (χ3v) is 3.69.